The van der Waals surface area contributed by atoms with Crippen molar-refractivity contribution in [2.45, 2.75) is 30.7 Å². The summed E-state index contributed by atoms with van der Waals surface area (Å²) >= 11 is 5.98. The Morgan fingerprint density at radius 3 is 2.38 bits per heavy atom. The molecule has 184 valence electrons. The average Bonchev–Trinajstić information content (AvgIpc) is 3.12. The molecule has 2 saturated heterocycles. The third-order valence-electron chi connectivity index (χ3n) is 7.06. The maximum Gasteiger partial charge on any atom is 0.244 e. The third kappa shape index (κ3) is 5.63. The maximum atomic E-state index is 13.3. The predicted octanol–water partition coefficient (Wildman–Crippen LogP) is 3.40. The molecule has 0 amide bonds. The number of sulfonamides is 1. The summed E-state index contributed by atoms with van der Waals surface area (Å²) < 4.78 is 28.2. The number of anilines is 1. The van der Waals surface area contributed by atoms with Gasteiger partial charge in [0.05, 0.1) is 6.61 Å². The first kappa shape index (κ1) is 25.1. The van der Waals surface area contributed by atoms with Crippen LogP contribution in [0.4, 0.5) is 5.82 Å². The molecule has 2 aliphatic rings. The van der Waals surface area contributed by atoms with Gasteiger partial charge in [-0.05, 0) is 55.6 Å². The molecule has 0 aliphatic carbocycles. The molecule has 2 aliphatic heterocycles. The number of rotatable bonds is 7. The van der Waals surface area contributed by atoms with Crippen molar-refractivity contribution in [1.82, 2.24) is 14.2 Å². The monoisotopic (exact) mass is 504 g/mol. The number of nitrogens with zero attached hydrogens (tertiary/aromatic N) is 4. The van der Waals surface area contributed by atoms with Gasteiger partial charge in [0.1, 0.15) is 10.7 Å². The Balaban J connectivity index is 1.37. The Kier molecular flexibility index (Phi) is 7.94. The molecule has 1 N–H and O–H groups in total. The summed E-state index contributed by atoms with van der Waals surface area (Å²) in [6.45, 7) is 8.73. The molecular formula is C25H33ClN4O3S. The molecule has 0 atom stereocenters. The molecule has 0 saturated carbocycles. The minimum absolute atomic E-state index is 0.0991. The van der Waals surface area contributed by atoms with Crippen LogP contribution in [0.5, 0.6) is 0 Å². The quantitative estimate of drug-likeness (QED) is 0.582. The first-order chi connectivity index (χ1) is 16.3. The number of piperidine rings is 1. The third-order valence-corrected chi connectivity index (χ3v) is 9.19. The lowest BCUT2D eigenvalue weighted by Crippen LogP contribution is -2.41. The van der Waals surface area contributed by atoms with E-state index in [9.17, 15) is 13.5 Å². The highest BCUT2D eigenvalue weighted by Gasteiger charge is 2.32. The van der Waals surface area contributed by atoms with Crippen molar-refractivity contribution < 1.29 is 13.5 Å². The van der Waals surface area contributed by atoms with Crippen LogP contribution in [-0.4, -0.2) is 73.6 Å². The summed E-state index contributed by atoms with van der Waals surface area (Å²) in [5.74, 6) is 0.763. The molecule has 0 spiro atoms. The number of aliphatic hydroxyl groups is 1. The van der Waals surface area contributed by atoms with E-state index in [1.165, 1.54) is 11.8 Å². The highest BCUT2D eigenvalue weighted by atomic mass is 35.5. The van der Waals surface area contributed by atoms with E-state index >= 15 is 0 Å². The molecule has 0 bridgehead atoms. The highest BCUT2D eigenvalue weighted by Crippen LogP contribution is 2.33. The number of hydrogen-bond acceptors (Lipinski definition) is 6. The number of aliphatic hydroxyl groups excluding tert-OH is 1. The fraction of sp³-hybridized carbons (Fsp3) is 0.480. The van der Waals surface area contributed by atoms with Gasteiger partial charge in [-0.2, -0.15) is 4.31 Å². The fourth-order valence-corrected chi connectivity index (χ4v) is 6.20. The Hall–Kier alpha value is -1.97. The van der Waals surface area contributed by atoms with Crippen molar-refractivity contribution >= 4 is 27.4 Å². The van der Waals surface area contributed by atoms with E-state index in [-0.39, 0.29) is 16.9 Å². The fourth-order valence-electron chi connectivity index (χ4n) is 4.66. The van der Waals surface area contributed by atoms with Gasteiger partial charge >= 0.3 is 0 Å². The minimum Gasteiger partial charge on any atom is -0.395 e. The van der Waals surface area contributed by atoms with E-state index in [0.717, 1.165) is 51.3 Å². The van der Waals surface area contributed by atoms with E-state index in [4.69, 9.17) is 11.6 Å². The van der Waals surface area contributed by atoms with Crippen LogP contribution in [0.15, 0.2) is 60.1 Å². The first-order valence-electron chi connectivity index (χ1n) is 11.8. The Morgan fingerprint density at radius 1 is 1.03 bits per heavy atom. The first-order valence-corrected chi connectivity index (χ1v) is 13.6. The topological polar surface area (TPSA) is 77.0 Å². The zero-order chi connectivity index (χ0) is 24.2. The lowest BCUT2D eigenvalue weighted by atomic mass is 9.79. The number of aromatic nitrogens is 1. The van der Waals surface area contributed by atoms with Crippen molar-refractivity contribution in [3.63, 3.8) is 0 Å². The van der Waals surface area contributed by atoms with Crippen molar-refractivity contribution in [3.8, 4) is 0 Å². The molecule has 9 heteroatoms. The van der Waals surface area contributed by atoms with Crippen molar-refractivity contribution in [3.05, 3.63) is 65.8 Å². The van der Waals surface area contributed by atoms with Gasteiger partial charge in [0, 0.05) is 55.9 Å². The molecule has 1 aromatic heterocycles. The van der Waals surface area contributed by atoms with E-state index in [0.29, 0.717) is 24.7 Å². The molecule has 34 heavy (non-hydrogen) atoms. The molecule has 4 rings (SSSR count). The van der Waals surface area contributed by atoms with Gasteiger partial charge in [0.15, 0.2) is 0 Å². The van der Waals surface area contributed by atoms with Crippen LogP contribution >= 0.6 is 11.6 Å². The number of pyridine rings is 1. The van der Waals surface area contributed by atoms with Crippen molar-refractivity contribution in [1.29, 1.82) is 0 Å². The summed E-state index contributed by atoms with van der Waals surface area (Å²) in [6, 6.07) is 11.2. The Bertz CT molecular complexity index is 1070. The number of halogens is 1. The van der Waals surface area contributed by atoms with Crippen LogP contribution in [0, 0.1) is 5.41 Å². The van der Waals surface area contributed by atoms with Crippen LogP contribution < -0.4 is 4.90 Å². The van der Waals surface area contributed by atoms with Crippen LogP contribution in [0.3, 0.4) is 0 Å². The van der Waals surface area contributed by atoms with Crippen molar-refractivity contribution in [2.24, 2.45) is 5.41 Å². The molecule has 0 radical (unpaired) electrons. The summed E-state index contributed by atoms with van der Waals surface area (Å²) in [5, 5.41) is 10.4. The van der Waals surface area contributed by atoms with Gasteiger partial charge in [-0.25, -0.2) is 13.4 Å². The van der Waals surface area contributed by atoms with E-state index in [1.54, 1.807) is 16.4 Å². The van der Waals surface area contributed by atoms with E-state index in [1.807, 2.05) is 30.3 Å². The van der Waals surface area contributed by atoms with E-state index < -0.39 is 10.0 Å². The van der Waals surface area contributed by atoms with Gasteiger partial charge in [-0.15, -0.1) is 6.58 Å². The summed E-state index contributed by atoms with van der Waals surface area (Å²) in [6.07, 6.45) is 5.71. The van der Waals surface area contributed by atoms with Crippen LogP contribution in [-0.2, 0) is 16.6 Å². The smallest absolute Gasteiger partial charge is 0.244 e. The largest absolute Gasteiger partial charge is 0.395 e. The molecule has 2 aromatic rings. The van der Waals surface area contributed by atoms with Crippen LogP contribution in [0.25, 0.3) is 0 Å². The molecule has 1 aromatic carbocycles. The summed E-state index contributed by atoms with van der Waals surface area (Å²) in [7, 11) is -3.60. The number of benzene rings is 1. The van der Waals surface area contributed by atoms with Gasteiger partial charge in [0.25, 0.3) is 0 Å². The highest BCUT2D eigenvalue weighted by molar-refractivity contribution is 7.89. The van der Waals surface area contributed by atoms with Gasteiger partial charge in [0.2, 0.25) is 10.0 Å². The second-order valence-corrected chi connectivity index (χ2v) is 11.6. The molecular weight excluding hydrogens is 472 g/mol. The lowest BCUT2D eigenvalue weighted by molar-refractivity contribution is 0.141. The van der Waals surface area contributed by atoms with Gasteiger partial charge < -0.3 is 10.0 Å². The Labute approximate surface area is 207 Å². The van der Waals surface area contributed by atoms with Gasteiger partial charge in [-0.1, -0.05) is 29.8 Å². The maximum absolute atomic E-state index is 13.3. The predicted molar refractivity (Wildman–Crippen MR) is 136 cm³/mol. The van der Waals surface area contributed by atoms with E-state index in [2.05, 4.69) is 21.4 Å². The Morgan fingerprint density at radius 2 is 1.76 bits per heavy atom. The van der Waals surface area contributed by atoms with Gasteiger partial charge in [-0.3, -0.25) is 4.90 Å². The molecule has 0 unspecified atom stereocenters. The zero-order valence-electron chi connectivity index (χ0n) is 19.4. The molecule has 2 fully saturated rings. The average molecular weight is 505 g/mol. The second-order valence-electron chi connectivity index (χ2n) is 9.22. The lowest BCUT2D eigenvalue weighted by Gasteiger charge is -2.39. The minimum atomic E-state index is -3.60. The molecule has 7 nitrogen and oxygen atoms in total. The SMILES string of the molecule is C=CC1(CO)CCN(c2ccc(S(=O)(=O)N3CCCN(Cc4ccc(Cl)cc4)CC3)cn2)CC1. The van der Waals surface area contributed by atoms with Crippen LogP contribution in [0.2, 0.25) is 5.02 Å². The summed E-state index contributed by atoms with van der Waals surface area (Å²) in [4.78, 5) is 9.12. The van der Waals surface area contributed by atoms with Crippen LogP contribution in [0.1, 0.15) is 24.8 Å². The standard InChI is InChI=1S/C25H33ClN4O3S/c1-2-25(20-31)10-14-29(15-11-25)24-9-8-23(18-27-24)34(32,33)30-13-3-12-28(16-17-30)19-21-4-6-22(26)7-5-21/h2,4-9,18,31H,1,3,10-17,19-20H2. The van der Waals surface area contributed by atoms with Crippen molar-refractivity contribution in [2.75, 3.05) is 50.8 Å². The number of hydrogen-bond donors (Lipinski definition) is 1. The molecule has 3 heterocycles. The second kappa shape index (κ2) is 10.7. The normalized spacial score (nSPS) is 20.1. The zero-order valence-corrected chi connectivity index (χ0v) is 21.0. The summed E-state index contributed by atoms with van der Waals surface area (Å²) in [5.41, 5.74) is 0.941.